The number of phenolic OH excluding ortho intramolecular Hbond substituents is 1. The minimum atomic E-state index is -0.409. The van der Waals surface area contributed by atoms with E-state index in [1.807, 2.05) is 13.0 Å². The zero-order chi connectivity index (χ0) is 22.9. The van der Waals surface area contributed by atoms with E-state index in [-0.39, 0.29) is 17.0 Å². The van der Waals surface area contributed by atoms with Gasteiger partial charge in [-0.15, -0.1) is 0 Å². The van der Waals surface area contributed by atoms with Gasteiger partial charge in [0.05, 0.1) is 5.02 Å². The molecule has 3 aromatic rings. The minimum absolute atomic E-state index is 0.0322. The molecule has 8 heteroatoms. The van der Waals surface area contributed by atoms with Crippen LogP contribution < -0.4 is 5.32 Å². The smallest absolute Gasteiger partial charge is 0.168 e. The molecule has 3 N–H and O–H groups in total. The van der Waals surface area contributed by atoms with E-state index in [1.54, 1.807) is 24.3 Å². The first-order chi connectivity index (χ1) is 15.2. The first-order valence-corrected chi connectivity index (χ1v) is 11.0. The Labute approximate surface area is 192 Å². The van der Waals surface area contributed by atoms with E-state index in [9.17, 15) is 9.50 Å². The third-order valence-corrected chi connectivity index (χ3v) is 6.50. The molecule has 0 aliphatic carbocycles. The predicted octanol–water partition coefficient (Wildman–Crippen LogP) is 5.67. The van der Waals surface area contributed by atoms with E-state index < -0.39 is 5.82 Å². The number of hydrogen-bond donors (Lipinski definition) is 3. The van der Waals surface area contributed by atoms with E-state index in [1.165, 1.54) is 6.07 Å². The maximum Gasteiger partial charge on any atom is 0.168 e. The van der Waals surface area contributed by atoms with Gasteiger partial charge < -0.3 is 15.3 Å². The molecule has 1 aromatic carbocycles. The number of piperidine rings is 1. The van der Waals surface area contributed by atoms with Crippen LogP contribution in [0.15, 0.2) is 43.0 Å². The number of aromatic amines is 1. The van der Waals surface area contributed by atoms with Gasteiger partial charge in [-0.2, -0.15) is 5.10 Å². The monoisotopic (exact) mass is 455 g/mol. The average Bonchev–Trinajstić information content (AvgIpc) is 3.17. The highest BCUT2D eigenvalue weighted by Crippen LogP contribution is 2.39. The fraction of sp³-hybridized carbons (Fsp3) is 0.333. The zero-order valence-electron chi connectivity index (χ0n) is 18.3. The number of nitrogens with zero attached hydrogens (tertiary/aromatic N) is 3. The molecular formula is C24H27ClFN5O. The number of halogens is 2. The predicted molar refractivity (Wildman–Crippen MR) is 126 cm³/mol. The SMILES string of the molecule is C=C(c1cccc(O)c1Cl)N1CCC(C)(Cc2ccc(F)c(Nc3cc(C)[nH]n3)n2)CC1. The molecule has 0 radical (unpaired) electrons. The third kappa shape index (κ3) is 4.72. The van der Waals surface area contributed by atoms with E-state index in [4.69, 9.17) is 11.6 Å². The Morgan fingerprint density at radius 1 is 1.31 bits per heavy atom. The first kappa shape index (κ1) is 22.1. The highest BCUT2D eigenvalue weighted by Gasteiger charge is 2.32. The van der Waals surface area contributed by atoms with E-state index in [0.717, 1.165) is 55.0 Å². The summed E-state index contributed by atoms with van der Waals surface area (Å²) in [5, 5.41) is 20.1. The second-order valence-corrected chi connectivity index (χ2v) is 9.13. The van der Waals surface area contributed by atoms with Crippen LogP contribution in [0, 0.1) is 18.2 Å². The molecule has 1 aliphatic rings. The zero-order valence-corrected chi connectivity index (χ0v) is 19.0. The van der Waals surface area contributed by atoms with Crippen LogP contribution in [0.1, 0.15) is 36.7 Å². The van der Waals surface area contributed by atoms with Gasteiger partial charge in [0.2, 0.25) is 0 Å². The number of anilines is 2. The van der Waals surface area contributed by atoms with Gasteiger partial charge in [0.25, 0.3) is 0 Å². The van der Waals surface area contributed by atoms with Crippen LogP contribution in [0.5, 0.6) is 5.75 Å². The summed E-state index contributed by atoms with van der Waals surface area (Å²) in [5.74, 6) is 0.370. The van der Waals surface area contributed by atoms with Crippen molar-refractivity contribution in [1.82, 2.24) is 20.1 Å². The van der Waals surface area contributed by atoms with Crippen molar-refractivity contribution in [1.29, 1.82) is 0 Å². The second kappa shape index (κ2) is 8.82. The molecule has 0 spiro atoms. The molecule has 0 bridgehead atoms. The molecule has 0 unspecified atom stereocenters. The quantitative estimate of drug-likeness (QED) is 0.446. The van der Waals surface area contributed by atoms with Crippen molar-refractivity contribution in [3.8, 4) is 5.75 Å². The third-order valence-electron chi connectivity index (χ3n) is 6.11. The van der Waals surface area contributed by atoms with Gasteiger partial charge in [0.1, 0.15) is 5.75 Å². The summed E-state index contributed by atoms with van der Waals surface area (Å²) in [7, 11) is 0. The van der Waals surface area contributed by atoms with E-state index >= 15 is 0 Å². The molecule has 0 atom stereocenters. The summed E-state index contributed by atoms with van der Waals surface area (Å²) < 4.78 is 14.3. The number of likely N-dealkylation sites (tertiary alicyclic amines) is 1. The number of phenols is 1. The molecule has 1 fully saturated rings. The molecule has 1 saturated heterocycles. The second-order valence-electron chi connectivity index (χ2n) is 8.75. The minimum Gasteiger partial charge on any atom is -0.506 e. The van der Waals surface area contributed by atoms with Gasteiger partial charge in [-0.25, -0.2) is 9.37 Å². The van der Waals surface area contributed by atoms with E-state index in [2.05, 4.69) is 38.9 Å². The number of aryl methyl sites for hydroxylation is 1. The van der Waals surface area contributed by atoms with Crippen LogP contribution in [0.4, 0.5) is 16.0 Å². The largest absolute Gasteiger partial charge is 0.506 e. The van der Waals surface area contributed by atoms with Gasteiger partial charge in [-0.1, -0.05) is 37.2 Å². The van der Waals surface area contributed by atoms with Crippen molar-refractivity contribution in [2.45, 2.75) is 33.1 Å². The van der Waals surface area contributed by atoms with Gasteiger partial charge >= 0.3 is 0 Å². The molecule has 6 nitrogen and oxygen atoms in total. The summed E-state index contributed by atoms with van der Waals surface area (Å²) in [6, 6.07) is 10.2. The van der Waals surface area contributed by atoms with Gasteiger partial charge in [-0.3, -0.25) is 5.10 Å². The van der Waals surface area contributed by atoms with Crippen LogP contribution >= 0.6 is 11.6 Å². The lowest BCUT2D eigenvalue weighted by atomic mass is 9.76. The molecule has 168 valence electrons. The molecule has 0 amide bonds. The molecule has 2 aromatic heterocycles. The summed E-state index contributed by atoms with van der Waals surface area (Å²) in [6.45, 7) is 9.97. The Morgan fingerprint density at radius 3 is 2.75 bits per heavy atom. The topological polar surface area (TPSA) is 77.1 Å². The number of H-pyrrole nitrogens is 1. The van der Waals surface area contributed by atoms with Crippen molar-refractivity contribution < 1.29 is 9.50 Å². The normalized spacial score (nSPS) is 15.6. The molecular weight excluding hydrogens is 429 g/mol. The Morgan fingerprint density at radius 2 is 2.06 bits per heavy atom. The Bertz CT molecular complexity index is 1140. The van der Waals surface area contributed by atoms with Crippen molar-refractivity contribution >= 4 is 28.9 Å². The molecule has 32 heavy (non-hydrogen) atoms. The van der Waals surface area contributed by atoms with Crippen molar-refractivity contribution in [3.63, 3.8) is 0 Å². The number of pyridine rings is 1. The Kier molecular flexibility index (Phi) is 6.11. The lowest BCUT2D eigenvalue weighted by molar-refractivity contribution is 0.160. The van der Waals surface area contributed by atoms with Crippen molar-refractivity contribution in [2.24, 2.45) is 5.41 Å². The average molecular weight is 456 g/mol. The summed E-state index contributed by atoms with van der Waals surface area (Å²) >= 11 is 6.27. The van der Waals surface area contributed by atoms with Crippen LogP contribution in [0.3, 0.4) is 0 Å². The van der Waals surface area contributed by atoms with Crippen molar-refractivity contribution in [2.75, 3.05) is 18.4 Å². The lowest BCUT2D eigenvalue weighted by Crippen LogP contribution is -2.38. The molecule has 1 aliphatic heterocycles. The van der Waals surface area contributed by atoms with Crippen LogP contribution in [-0.4, -0.2) is 38.3 Å². The van der Waals surface area contributed by atoms with Crippen LogP contribution in [0.25, 0.3) is 5.70 Å². The van der Waals surface area contributed by atoms with Crippen molar-refractivity contribution in [3.05, 3.63) is 70.8 Å². The highest BCUT2D eigenvalue weighted by molar-refractivity contribution is 6.33. The molecule has 3 heterocycles. The Hall–Kier alpha value is -3.06. The van der Waals surface area contributed by atoms with Gasteiger partial charge in [0.15, 0.2) is 17.5 Å². The number of aromatic hydroxyl groups is 1. The standard InChI is InChI=1S/C24H27ClFN5O/c1-15-13-21(30-29-15)28-23-19(26)8-7-17(27-23)14-24(3)9-11-31(12-10-24)16(2)18-5-4-6-20(32)22(18)25/h4-8,13,32H,2,9-12,14H2,1,3H3,(H2,27,28,29,30). The first-order valence-electron chi connectivity index (χ1n) is 10.6. The maximum atomic E-state index is 14.3. The van der Waals surface area contributed by atoms with Crippen LogP contribution in [-0.2, 0) is 6.42 Å². The number of benzene rings is 1. The number of hydrogen-bond acceptors (Lipinski definition) is 5. The lowest BCUT2D eigenvalue weighted by Gasteiger charge is -2.41. The van der Waals surface area contributed by atoms with E-state index in [0.29, 0.717) is 10.8 Å². The maximum absolute atomic E-state index is 14.3. The summed E-state index contributed by atoms with van der Waals surface area (Å²) in [4.78, 5) is 6.72. The Balaban J connectivity index is 1.42. The summed E-state index contributed by atoms with van der Waals surface area (Å²) in [6.07, 6.45) is 2.61. The number of rotatable bonds is 6. The van der Waals surface area contributed by atoms with Gasteiger partial charge in [-0.05, 0) is 49.8 Å². The number of nitrogens with one attached hydrogen (secondary N) is 2. The molecule has 4 rings (SSSR count). The van der Waals surface area contributed by atoms with Crippen LogP contribution in [0.2, 0.25) is 5.02 Å². The fourth-order valence-electron chi connectivity index (χ4n) is 4.12. The summed E-state index contributed by atoms with van der Waals surface area (Å²) in [5.41, 5.74) is 3.32. The highest BCUT2D eigenvalue weighted by atomic mass is 35.5. The molecule has 0 saturated carbocycles. The number of aromatic nitrogens is 3. The fourth-order valence-corrected chi connectivity index (χ4v) is 4.35. The van der Waals surface area contributed by atoms with Gasteiger partial charge in [0, 0.05) is 41.8 Å².